The highest BCUT2D eigenvalue weighted by atomic mass is 16.5. The lowest BCUT2D eigenvalue weighted by atomic mass is 9.88. The minimum absolute atomic E-state index is 0.0670. The molecule has 0 aliphatic heterocycles. The Labute approximate surface area is 208 Å². The Morgan fingerprint density at radius 2 is 1.66 bits per heavy atom. The van der Waals surface area contributed by atoms with Gasteiger partial charge in [0.25, 0.3) is 0 Å². The first-order valence-electron chi connectivity index (χ1n) is 12.9. The van der Waals surface area contributed by atoms with E-state index in [1.165, 1.54) is 29.3 Å². The maximum Gasteiger partial charge on any atom is 0.220 e. The number of nitrogens with zero attached hydrogens (tertiary/aromatic N) is 1. The second kappa shape index (κ2) is 12.3. The molecular formula is C31H36N2O2. The van der Waals surface area contributed by atoms with E-state index >= 15 is 0 Å². The van der Waals surface area contributed by atoms with Crippen LogP contribution in [0.25, 0.3) is 10.9 Å². The zero-order chi connectivity index (χ0) is 24.5. The number of unbranched alkanes of at least 4 members (excludes halogenated alkanes) is 3. The van der Waals surface area contributed by atoms with Crippen molar-refractivity contribution in [3.63, 3.8) is 0 Å². The number of nitrogens with one attached hydrogen (secondary N) is 1. The predicted octanol–water partition coefficient (Wildman–Crippen LogP) is 7.67. The molecule has 0 aliphatic carbocycles. The second-order valence-electron chi connectivity index (χ2n) is 9.04. The first-order valence-corrected chi connectivity index (χ1v) is 12.9. The van der Waals surface area contributed by atoms with Crippen molar-refractivity contribution >= 4 is 16.8 Å². The van der Waals surface area contributed by atoms with Gasteiger partial charge in [0.2, 0.25) is 5.91 Å². The minimum Gasteiger partial charge on any atom is -0.457 e. The fourth-order valence-corrected chi connectivity index (χ4v) is 4.68. The van der Waals surface area contributed by atoms with Crippen molar-refractivity contribution in [1.29, 1.82) is 0 Å². The lowest BCUT2D eigenvalue weighted by Crippen LogP contribution is -2.26. The normalized spacial score (nSPS) is 11.9. The summed E-state index contributed by atoms with van der Waals surface area (Å²) in [5, 5.41) is 4.36. The lowest BCUT2D eigenvalue weighted by molar-refractivity contribution is -0.121. The van der Waals surface area contributed by atoms with Gasteiger partial charge in [0, 0.05) is 42.5 Å². The smallest absolute Gasteiger partial charge is 0.220 e. The van der Waals surface area contributed by atoms with Crippen LogP contribution < -0.4 is 10.1 Å². The molecule has 0 spiro atoms. The summed E-state index contributed by atoms with van der Waals surface area (Å²) in [6.07, 6.45) is 7.21. The average molecular weight is 469 g/mol. The number of ether oxygens (including phenoxy) is 1. The Kier molecular flexibility index (Phi) is 8.61. The number of carbonyl (C=O) groups excluding carboxylic acids is 1. The third-order valence-electron chi connectivity index (χ3n) is 6.52. The summed E-state index contributed by atoms with van der Waals surface area (Å²) in [7, 11) is 0. The first-order chi connectivity index (χ1) is 17.2. The third-order valence-corrected chi connectivity index (χ3v) is 6.52. The van der Waals surface area contributed by atoms with Gasteiger partial charge in [0.1, 0.15) is 11.5 Å². The number of hydrogen-bond donors (Lipinski definition) is 1. The molecule has 1 amide bonds. The lowest BCUT2D eigenvalue weighted by Gasteiger charge is -2.18. The highest BCUT2D eigenvalue weighted by Crippen LogP contribution is 2.36. The van der Waals surface area contributed by atoms with Crippen molar-refractivity contribution < 1.29 is 9.53 Å². The molecule has 1 N–H and O–H groups in total. The Bertz CT molecular complexity index is 1230. The van der Waals surface area contributed by atoms with Crippen molar-refractivity contribution in [2.75, 3.05) is 6.54 Å². The molecule has 0 radical (unpaired) electrons. The topological polar surface area (TPSA) is 43.3 Å². The minimum atomic E-state index is -0.0670. The molecule has 0 unspecified atom stereocenters. The van der Waals surface area contributed by atoms with E-state index in [2.05, 4.69) is 66.3 Å². The van der Waals surface area contributed by atoms with E-state index < -0.39 is 0 Å². The maximum atomic E-state index is 13.1. The van der Waals surface area contributed by atoms with Crippen molar-refractivity contribution in [1.82, 2.24) is 9.88 Å². The van der Waals surface area contributed by atoms with Gasteiger partial charge in [0.05, 0.1) is 0 Å². The van der Waals surface area contributed by atoms with E-state index in [9.17, 15) is 4.79 Å². The van der Waals surface area contributed by atoms with Crippen molar-refractivity contribution in [2.24, 2.45) is 0 Å². The van der Waals surface area contributed by atoms with Gasteiger partial charge >= 0.3 is 0 Å². The monoisotopic (exact) mass is 468 g/mol. The van der Waals surface area contributed by atoms with Crippen molar-refractivity contribution in [3.8, 4) is 11.5 Å². The summed E-state index contributed by atoms with van der Waals surface area (Å²) in [5.74, 6) is 1.60. The number of aromatic nitrogens is 1. The zero-order valence-corrected chi connectivity index (χ0v) is 20.9. The van der Waals surface area contributed by atoms with Gasteiger partial charge in [-0.15, -0.1) is 0 Å². The summed E-state index contributed by atoms with van der Waals surface area (Å²) in [6, 6.07) is 26.4. The maximum absolute atomic E-state index is 13.1. The number of fused-ring (bicyclic) bond motifs is 1. The summed E-state index contributed by atoms with van der Waals surface area (Å²) < 4.78 is 8.39. The fourth-order valence-electron chi connectivity index (χ4n) is 4.68. The molecule has 182 valence electrons. The molecule has 4 heteroatoms. The Morgan fingerprint density at radius 3 is 2.46 bits per heavy atom. The number of amides is 1. The quantitative estimate of drug-likeness (QED) is 0.217. The molecule has 0 aliphatic rings. The first kappa shape index (κ1) is 24.6. The number of para-hydroxylation sites is 2. The van der Waals surface area contributed by atoms with Gasteiger partial charge in [-0.25, -0.2) is 0 Å². The zero-order valence-electron chi connectivity index (χ0n) is 20.9. The van der Waals surface area contributed by atoms with Gasteiger partial charge in [-0.05, 0) is 54.8 Å². The number of carbonyl (C=O) groups is 1. The number of hydrogen-bond acceptors (Lipinski definition) is 2. The largest absolute Gasteiger partial charge is 0.457 e. The standard InChI is InChI=1S/C31H36N2O2/c1-3-5-6-12-20-32-31(34)22-28(29-23-33(4-2)30-19-11-10-18-27(29)30)24-14-13-17-26(21-24)35-25-15-8-7-9-16-25/h7-11,13-19,21,23,28H,3-6,12,20,22H2,1-2H3,(H,32,34)/t28-/m1/s1. The van der Waals surface area contributed by atoms with E-state index in [1.807, 2.05) is 42.5 Å². The summed E-state index contributed by atoms with van der Waals surface area (Å²) in [4.78, 5) is 13.1. The van der Waals surface area contributed by atoms with Gasteiger partial charge in [-0.1, -0.05) is 74.7 Å². The highest BCUT2D eigenvalue weighted by molar-refractivity contribution is 5.86. The Balaban J connectivity index is 1.64. The number of benzene rings is 3. The van der Waals surface area contributed by atoms with Crippen LogP contribution in [0, 0.1) is 0 Å². The van der Waals surface area contributed by atoms with Gasteiger partial charge in [0.15, 0.2) is 0 Å². The predicted molar refractivity (Wildman–Crippen MR) is 144 cm³/mol. The molecule has 4 aromatic rings. The van der Waals surface area contributed by atoms with E-state index in [0.717, 1.165) is 43.0 Å². The second-order valence-corrected chi connectivity index (χ2v) is 9.04. The molecule has 0 bridgehead atoms. The summed E-state index contributed by atoms with van der Waals surface area (Å²) >= 11 is 0. The number of rotatable bonds is 12. The van der Waals surface area contributed by atoms with Crippen LogP contribution in [0.1, 0.15) is 63.0 Å². The van der Waals surface area contributed by atoms with E-state index in [1.54, 1.807) is 0 Å². The van der Waals surface area contributed by atoms with Crippen LogP contribution in [0.15, 0.2) is 85.1 Å². The summed E-state index contributed by atoms with van der Waals surface area (Å²) in [5.41, 5.74) is 3.46. The third kappa shape index (κ3) is 6.33. The molecule has 0 fully saturated rings. The molecular weight excluding hydrogens is 432 g/mol. The highest BCUT2D eigenvalue weighted by Gasteiger charge is 2.23. The van der Waals surface area contributed by atoms with E-state index in [-0.39, 0.29) is 11.8 Å². The van der Waals surface area contributed by atoms with E-state index in [0.29, 0.717) is 6.42 Å². The molecule has 0 saturated heterocycles. The average Bonchev–Trinajstić information content (AvgIpc) is 3.26. The van der Waals surface area contributed by atoms with Gasteiger partial charge in [-0.3, -0.25) is 4.79 Å². The van der Waals surface area contributed by atoms with Gasteiger partial charge in [-0.2, -0.15) is 0 Å². The van der Waals surface area contributed by atoms with Crippen LogP contribution in [-0.2, 0) is 11.3 Å². The van der Waals surface area contributed by atoms with Crippen LogP contribution in [0.2, 0.25) is 0 Å². The molecule has 1 heterocycles. The van der Waals surface area contributed by atoms with Crippen LogP contribution in [-0.4, -0.2) is 17.0 Å². The summed E-state index contributed by atoms with van der Waals surface area (Å²) in [6.45, 7) is 5.97. The molecule has 0 saturated carbocycles. The van der Waals surface area contributed by atoms with Crippen molar-refractivity contribution in [2.45, 2.75) is 58.4 Å². The molecule has 3 aromatic carbocycles. The molecule has 35 heavy (non-hydrogen) atoms. The molecule has 1 aromatic heterocycles. The van der Waals surface area contributed by atoms with Crippen molar-refractivity contribution in [3.05, 3.63) is 96.2 Å². The molecule has 1 atom stereocenters. The Hall–Kier alpha value is -3.53. The number of aryl methyl sites for hydroxylation is 1. The molecule has 4 rings (SSSR count). The SMILES string of the molecule is CCCCCCNC(=O)C[C@H](c1cccc(Oc2ccccc2)c1)c1cn(CC)c2ccccc12. The van der Waals surface area contributed by atoms with Gasteiger partial charge < -0.3 is 14.6 Å². The fraction of sp³-hybridized carbons (Fsp3) is 0.323. The van der Waals surface area contributed by atoms with Crippen LogP contribution in [0.3, 0.4) is 0 Å². The molecule has 4 nitrogen and oxygen atoms in total. The van der Waals surface area contributed by atoms with Crippen LogP contribution >= 0.6 is 0 Å². The Morgan fingerprint density at radius 1 is 0.886 bits per heavy atom. The van der Waals surface area contributed by atoms with Crippen LogP contribution in [0.4, 0.5) is 0 Å². The van der Waals surface area contributed by atoms with Crippen LogP contribution in [0.5, 0.6) is 11.5 Å². The van der Waals surface area contributed by atoms with E-state index in [4.69, 9.17) is 4.74 Å².